The van der Waals surface area contributed by atoms with E-state index in [0.717, 1.165) is 25.0 Å². The molecule has 3 aromatic rings. The molecule has 1 saturated carbocycles. The van der Waals surface area contributed by atoms with Gasteiger partial charge in [0.15, 0.2) is 4.34 Å². The quantitative estimate of drug-likeness (QED) is 0.518. The summed E-state index contributed by atoms with van der Waals surface area (Å²) in [6.07, 6.45) is 5.41. The van der Waals surface area contributed by atoms with Gasteiger partial charge in [-0.15, -0.1) is 32.9 Å². The number of thioether (sulfide) groups is 1. The average molecular weight is 474 g/mol. The third-order valence-corrected chi connectivity index (χ3v) is 8.83. The Morgan fingerprint density at radius 1 is 1.27 bits per heavy atom. The second-order valence-electron chi connectivity index (χ2n) is 7.06. The first-order valence-corrected chi connectivity index (χ1v) is 13.2. The molecule has 1 fully saturated rings. The molecule has 10 heteroatoms. The summed E-state index contributed by atoms with van der Waals surface area (Å²) in [5.74, 6) is 0.503. The number of nitrogens with zero attached hydrogens (tertiary/aromatic N) is 4. The number of carbonyl (C=O) groups excluding carboxylic acids is 1. The van der Waals surface area contributed by atoms with E-state index in [9.17, 15) is 4.79 Å². The number of hydrogen-bond acceptors (Lipinski definition) is 9. The number of allylic oxidation sites excluding steroid dienone is 1. The monoisotopic (exact) mass is 473 g/mol. The van der Waals surface area contributed by atoms with Crippen molar-refractivity contribution in [3.63, 3.8) is 0 Å². The van der Waals surface area contributed by atoms with Gasteiger partial charge in [-0.2, -0.15) is 5.10 Å². The van der Waals surface area contributed by atoms with Crippen molar-refractivity contribution in [3.8, 4) is 0 Å². The number of nitrogen functional groups attached to an aromatic ring is 1. The van der Waals surface area contributed by atoms with E-state index in [0.29, 0.717) is 9.47 Å². The van der Waals surface area contributed by atoms with Crippen LogP contribution in [0.15, 0.2) is 50.0 Å². The molecule has 2 N–H and O–H groups in total. The van der Waals surface area contributed by atoms with E-state index in [-0.39, 0.29) is 23.6 Å². The number of thiophene rings is 2. The third-order valence-electron chi connectivity index (χ3n) is 5.19. The van der Waals surface area contributed by atoms with Crippen molar-refractivity contribution in [1.29, 1.82) is 0 Å². The number of nitrogens with two attached hydrogens (primary N) is 1. The van der Waals surface area contributed by atoms with E-state index in [2.05, 4.69) is 45.2 Å². The number of aromatic nitrogens is 2. The molecule has 6 nitrogen and oxygen atoms in total. The first-order chi connectivity index (χ1) is 14.7. The lowest BCUT2D eigenvalue weighted by molar-refractivity contribution is -0.130. The zero-order chi connectivity index (χ0) is 20.5. The summed E-state index contributed by atoms with van der Waals surface area (Å²) in [5, 5.41) is 19.0. The second-order valence-corrected chi connectivity index (χ2v) is 11.3. The van der Waals surface area contributed by atoms with Crippen molar-refractivity contribution >= 4 is 68.6 Å². The largest absolute Gasteiger partial charge is 0.374 e. The number of carbonyl (C=O) groups is 1. The van der Waals surface area contributed by atoms with E-state index in [4.69, 9.17) is 10.8 Å². The van der Waals surface area contributed by atoms with Crippen molar-refractivity contribution in [2.45, 2.75) is 29.6 Å². The first-order valence-electron chi connectivity index (χ1n) is 9.59. The zero-order valence-corrected chi connectivity index (χ0v) is 19.2. The Bertz CT molecular complexity index is 1090. The fraction of sp³-hybridized carbons (Fsp3) is 0.300. The number of fused-ring (bicyclic) bond motifs is 1. The van der Waals surface area contributed by atoms with E-state index >= 15 is 0 Å². The SMILES string of the molecule is Nc1nnc(SCC(=O)N2N=C3/C(=C/c4cccs4)CCC[C@H]3[C@H]2c2cccs2)s1. The normalized spacial score (nSPS) is 22.3. The second kappa shape index (κ2) is 8.62. The minimum absolute atomic E-state index is 0.00968. The maximum Gasteiger partial charge on any atom is 0.253 e. The summed E-state index contributed by atoms with van der Waals surface area (Å²) in [6.45, 7) is 0. The van der Waals surface area contributed by atoms with Crippen molar-refractivity contribution in [2.24, 2.45) is 11.0 Å². The molecule has 1 aliphatic carbocycles. The van der Waals surface area contributed by atoms with Crippen LogP contribution < -0.4 is 5.73 Å². The number of amides is 1. The Morgan fingerprint density at radius 2 is 2.13 bits per heavy atom. The van der Waals surface area contributed by atoms with Crippen LogP contribution in [0, 0.1) is 5.92 Å². The van der Waals surface area contributed by atoms with Gasteiger partial charge in [-0.1, -0.05) is 35.2 Å². The van der Waals surface area contributed by atoms with Crippen molar-refractivity contribution < 1.29 is 4.79 Å². The summed E-state index contributed by atoms with van der Waals surface area (Å²) < 4.78 is 0.705. The zero-order valence-electron chi connectivity index (χ0n) is 15.9. The van der Waals surface area contributed by atoms with Gasteiger partial charge in [0.2, 0.25) is 5.13 Å². The summed E-state index contributed by atoms with van der Waals surface area (Å²) in [4.78, 5) is 15.6. The molecule has 1 amide bonds. The highest BCUT2D eigenvalue weighted by atomic mass is 32.2. The lowest BCUT2D eigenvalue weighted by Gasteiger charge is -2.28. The summed E-state index contributed by atoms with van der Waals surface area (Å²) in [6, 6.07) is 8.32. The lowest BCUT2D eigenvalue weighted by atomic mass is 9.79. The van der Waals surface area contributed by atoms with Crippen molar-refractivity contribution in [2.75, 3.05) is 11.5 Å². The van der Waals surface area contributed by atoms with Crippen LogP contribution >= 0.6 is 45.8 Å². The highest BCUT2D eigenvalue weighted by Crippen LogP contribution is 2.46. The molecule has 1 aliphatic heterocycles. The van der Waals surface area contributed by atoms with Crippen LogP contribution in [-0.2, 0) is 4.79 Å². The Morgan fingerprint density at radius 3 is 2.87 bits per heavy atom. The fourth-order valence-corrected chi connectivity index (χ4v) is 7.00. The highest BCUT2D eigenvalue weighted by molar-refractivity contribution is 8.01. The maximum absolute atomic E-state index is 13.2. The van der Waals surface area contributed by atoms with Crippen LogP contribution in [0.4, 0.5) is 5.13 Å². The molecule has 0 radical (unpaired) electrons. The number of hydrazone groups is 1. The molecule has 2 atom stereocenters. The molecule has 0 aromatic carbocycles. The van der Waals surface area contributed by atoms with Crippen LogP contribution in [-0.4, -0.2) is 32.6 Å². The number of rotatable bonds is 5. The van der Waals surface area contributed by atoms with E-state index in [1.165, 1.54) is 38.4 Å². The van der Waals surface area contributed by atoms with Crippen LogP contribution in [0.1, 0.15) is 35.1 Å². The maximum atomic E-state index is 13.2. The number of anilines is 1. The summed E-state index contributed by atoms with van der Waals surface area (Å²) >= 11 is 6.09. The van der Waals surface area contributed by atoms with Gasteiger partial charge in [-0.05, 0) is 53.8 Å². The van der Waals surface area contributed by atoms with Gasteiger partial charge in [0.1, 0.15) is 0 Å². The number of hydrogen-bond donors (Lipinski definition) is 1. The predicted molar refractivity (Wildman–Crippen MR) is 126 cm³/mol. The van der Waals surface area contributed by atoms with E-state index < -0.39 is 0 Å². The van der Waals surface area contributed by atoms with E-state index in [1.807, 2.05) is 6.07 Å². The standard InChI is InChI=1S/C20H19N5OS4/c21-19-22-23-20(30-19)29-11-16(26)25-18(15-7-3-9-28-15)14-6-1-4-12(17(14)24-25)10-13-5-2-8-27-13/h2-3,5,7-10,14,18H,1,4,6,11H2,(H2,21,22)/b12-10+/t14-,18+/m1/s1. The Balaban J connectivity index is 1.44. The molecule has 154 valence electrons. The molecule has 0 bridgehead atoms. The molecular formula is C20H19N5OS4. The average Bonchev–Trinajstić information content (AvgIpc) is 3.52. The molecule has 0 saturated heterocycles. The van der Waals surface area contributed by atoms with Crippen LogP contribution in [0.3, 0.4) is 0 Å². The topological polar surface area (TPSA) is 84.5 Å². The Kier molecular flexibility index (Phi) is 5.72. The van der Waals surface area contributed by atoms with Gasteiger partial charge in [-0.25, -0.2) is 5.01 Å². The van der Waals surface area contributed by atoms with Gasteiger partial charge in [0.25, 0.3) is 5.91 Å². The van der Waals surface area contributed by atoms with Gasteiger partial charge in [0, 0.05) is 15.7 Å². The minimum Gasteiger partial charge on any atom is -0.374 e. The van der Waals surface area contributed by atoms with E-state index in [1.54, 1.807) is 27.7 Å². The molecule has 4 heterocycles. The van der Waals surface area contributed by atoms with Gasteiger partial charge in [-0.3, -0.25) is 4.79 Å². The molecular weight excluding hydrogens is 455 g/mol. The lowest BCUT2D eigenvalue weighted by Crippen LogP contribution is -2.32. The van der Waals surface area contributed by atoms with Gasteiger partial charge in [0.05, 0.1) is 17.5 Å². The van der Waals surface area contributed by atoms with Crippen molar-refractivity contribution in [3.05, 3.63) is 50.4 Å². The molecule has 3 aromatic heterocycles. The minimum atomic E-state index is -0.0281. The molecule has 2 aliphatic rings. The molecule has 5 rings (SSSR count). The summed E-state index contributed by atoms with van der Waals surface area (Å²) in [7, 11) is 0. The highest BCUT2D eigenvalue weighted by Gasteiger charge is 2.44. The van der Waals surface area contributed by atoms with Crippen LogP contribution in [0.25, 0.3) is 6.08 Å². The summed E-state index contributed by atoms with van der Waals surface area (Å²) in [5.41, 5.74) is 7.99. The van der Waals surface area contributed by atoms with Gasteiger partial charge < -0.3 is 5.73 Å². The smallest absolute Gasteiger partial charge is 0.253 e. The van der Waals surface area contributed by atoms with Crippen LogP contribution in [0.2, 0.25) is 0 Å². The predicted octanol–water partition coefficient (Wildman–Crippen LogP) is 5.16. The molecule has 0 unspecified atom stereocenters. The molecule has 30 heavy (non-hydrogen) atoms. The molecule has 0 spiro atoms. The van der Waals surface area contributed by atoms with Crippen molar-refractivity contribution in [1.82, 2.24) is 15.2 Å². The third kappa shape index (κ3) is 3.96. The first kappa shape index (κ1) is 19.9. The fourth-order valence-electron chi connectivity index (χ4n) is 3.96. The van der Waals surface area contributed by atoms with Crippen LogP contribution in [0.5, 0.6) is 0 Å². The van der Waals surface area contributed by atoms with Gasteiger partial charge >= 0.3 is 0 Å². The Labute approximate surface area is 190 Å². The Hall–Kier alpha value is -2.01.